The lowest BCUT2D eigenvalue weighted by atomic mass is 9.72. The summed E-state index contributed by atoms with van der Waals surface area (Å²) in [4.78, 5) is 45.7. The summed E-state index contributed by atoms with van der Waals surface area (Å²) in [6.45, 7) is 2.99. The molecule has 260 valence electrons. The second kappa shape index (κ2) is 13.4. The van der Waals surface area contributed by atoms with E-state index in [0.717, 1.165) is 21.3 Å². The van der Waals surface area contributed by atoms with Gasteiger partial charge >= 0.3 is 6.09 Å². The molecular formula is C36H36BrN5O8. The van der Waals surface area contributed by atoms with Crippen molar-refractivity contribution in [1.82, 2.24) is 20.9 Å². The Labute approximate surface area is 295 Å². The highest BCUT2D eigenvalue weighted by atomic mass is 79.9. The lowest BCUT2D eigenvalue weighted by Crippen LogP contribution is -2.49. The minimum Gasteiger partial charge on any atom is -0.469 e. The van der Waals surface area contributed by atoms with E-state index in [1.165, 1.54) is 0 Å². The lowest BCUT2D eigenvalue weighted by Gasteiger charge is -2.28. The molecule has 0 radical (unpaired) electrons. The number of nitrogens with one attached hydrogen (secondary N) is 4. The summed E-state index contributed by atoms with van der Waals surface area (Å²) in [6.07, 6.45) is -2.59. The summed E-state index contributed by atoms with van der Waals surface area (Å²) in [5.74, 6) is -0.620. The van der Waals surface area contributed by atoms with Crippen molar-refractivity contribution in [3.8, 4) is 5.75 Å². The zero-order chi connectivity index (χ0) is 35.2. The fraction of sp³-hybridized carbons (Fsp3) is 0.333. The van der Waals surface area contributed by atoms with Crippen molar-refractivity contribution < 1.29 is 38.5 Å². The third-order valence-electron chi connectivity index (χ3n) is 9.24. The van der Waals surface area contributed by atoms with Crippen LogP contribution in [0.15, 0.2) is 75.6 Å². The van der Waals surface area contributed by atoms with Gasteiger partial charge in [0.05, 0.1) is 18.4 Å². The van der Waals surface area contributed by atoms with E-state index in [9.17, 15) is 24.6 Å². The highest BCUT2D eigenvalue weighted by Gasteiger charge is 2.61. The Bertz CT molecular complexity index is 1950. The molecule has 3 aliphatic heterocycles. The number of rotatable bonds is 8. The van der Waals surface area contributed by atoms with Crippen LogP contribution in [0.2, 0.25) is 0 Å². The van der Waals surface area contributed by atoms with Crippen LogP contribution in [0.1, 0.15) is 64.3 Å². The Morgan fingerprint density at radius 3 is 2.66 bits per heavy atom. The minimum atomic E-state index is -1.22. The Balaban J connectivity index is 1.36. The maximum atomic E-state index is 14.0. The monoisotopic (exact) mass is 745 g/mol. The SMILES string of the molecule is CC(C)[C@@H]1NC(=O)[C@@H](NC(=O)OCc2ccccc2)Cc2ccc3c(c2)C2(c4cccc(Br)c4N[C@H]2O3)c2oc1nc2C(=O)NCC(O)CO. The first kappa shape index (κ1) is 33.6. The molecule has 7 rings (SSSR count). The van der Waals surface area contributed by atoms with Crippen molar-refractivity contribution in [3.63, 3.8) is 0 Å². The van der Waals surface area contributed by atoms with Crippen LogP contribution in [0, 0.1) is 5.92 Å². The number of nitrogens with zero attached hydrogens (tertiary/aromatic N) is 1. The normalized spacial score (nSPS) is 22.1. The number of fused-ring (bicyclic) bond motifs is 4. The second-order valence-corrected chi connectivity index (χ2v) is 13.8. The maximum absolute atomic E-state index is 14.0. The number of amides is 3. The zero-order valence-corrected chi connectivity index (χ0v) is 28.8. The fourth-order valence-electron chi connectivity index (χ4n) is 6.76. The predicted molar refractivity (Wildman–Crippen MR) is 183 cm³/mol. The Kier molecular flexibility index (Phi) is 9.01. The number of carbonyl (C=O) groups excluding carboxylic acids is 3. The molecule has 0 saturated heterocycles. The summed E-state index contributed by atoms with van der Waals surface area (Å²) in [5, 5.41) is 31.3. The number of hydrogen-bond acceptors (Lipinski definition) is 10. The number of ether oxygens (including phenoxy) is 2. The second-order valence-electron chi connectivity index (χ2n) is 12.9. The molecule has 0 fully saturated rings. The average Bonchev–Trinajstić information content (AvgIpc) is 3.78. The van der Waals surface area contributed by atoms with Gasteiger partial charge in [0.25, 0.3) is 5.91 Å². The van der Waals surface area contributed by atoms with Gasteiger partial charge in [-0.1, -0.05) is 68.4 Å². The Morgan fingerprint density at radius 1 is 1.10 bits per heavy atom. The molecule has 4 heterocycles. The first-order valence-corrected chi connectivity index (χ1v) is 17.1. The van der Waals surface area contributed by atoms with Crippen molar-refractivity contribution in [2.75, 3.05) is 18.5 Å². The largest absolute Gasteiger partial charge is 0.469 e. The first-order valence-electron chi connectivity index (χ1n) is 16.3. The molecule has 0 aliphatic carbocycles. The number of hydrogen-bond donors (Lipinski definition) is 6. The highest BCUT2D eigenvalue weighted by molar-refractivity contribution is 9.10. The van der Waals surface area contributed by atoms with Crippen LogP contribution in [0.25, 0.3) is 0 Å². The van der Waals surface area contributed by atoms with E-state index < -0.39 is 54.3 Å². The third kappa shape index (κ3) is 5.86. The van der Waals surface area contributed by atoms with Crippen LogP contribution < -0.4 is 26.0 Å². The van der Waals surface area contributed by atoms with E-state index >= 15 is 0 Å². The van der Waals surface area contributed by atoms with Gasteiger partial charge in [-0.3, -0.25) is 9.59 Å². The van der Waals surface area contributed by atoms with Gasteiger partial charge in [0.2, 0.25) is 11.8 Å². The van der Waals surface area contributed by atoms with Crippen molar-refractivity contribution in [1.29, 1.82) is 0 Å². The summed E-state index contributed by atoms with van der Waals surface area (Å²) >= 11 is 3.65. The van der Waals surface area contributed by atoms with E-state index in [1.807, 2.05) is 74.5 Å². The van der Waals surface area contributed by atoms with Gasteiger partial charge in [0.15, 0.2) is 17.7 Å². The van der Waals surface area contributed by atoms with E-state index in [-0.39, 0.29) is 42.8 Å². The van der Waals surface area contributed by atoms with Gasteiger partial charge in [-0.25, -0.2) is 9.78 Å². The number of anilines is 1. The summed E-state index contributed by atoms with van der Waals surface area (Å²) in [5.41, 5.74) is 2.40. The number of benzene rings is 3. The van der Waals surface area contributed by atoms with Crippen LogP contribution >= 0.6 is 15.9 Å². The van der Waals surface area contributed by atoms with E-state index in [0.29, 0.717) is 16.9 Å². The van der Waals surface area contributed by atoms with Crippen LogP contribution in [-0.2, 0) is 28.0 Å². The molecule has 3 aliphatic rings. The molecule has 50 heavy (non-hydrogen) atoms. The minimum absolute atomic E-state index is 0.0248. The van der Waals surface area contributed by atoms with E-state index in [2.05, 4.69) is 37.2 Å². The van der Waals surface area contributed by atoms with Gasteiger partial charge < -0.3 is 45.4 Å². The molecule has 14 heteroatoms. The molecule has 5 atom stereocenters. The lowest BCUT2D eigenvalue weighted by molar-refractivity contribution is -0.124. The summed E-state index contributed by atoms with van der Waals surface area (Å²) < 4.78 is 19.4. The van der Waals surface area contributed by atoms with Crippen LogP contribution in [0.5, 0.6) is 5.75 Å². The molecule has 2 unspecified atom stereocenters. The van der Waals surface area contributed by atoms with Gasteiger partial charge in [0.1, 0.15) is 29.9 Å². The number of alkyl carbamates (subject to hydrolysis) is 1. The van der Waals surface area contributed by atoms with Crippen LogP contribution in [0.3, 0.4) is 0 Å². The standard InChI is InChI=1S/C36H36BrN5O8/c1-18(2)27-33-41-29(32(46)38-15-21(44)16-43)30(50-33)36-22-9-6-10-24(37)28(22)42-34(36)49-26-12-11-20(13-23(26)36)14-25(31(45)40-27)39-35(47)48-17-19-7-4-3-5-8-19/h3-13,18,21,25,27,34,42-44H,14-17H2,1-2H3,(H,38,46)(H,39,47)(H,40,45)/t21?,25-,27-,34-,36?/m0/s1. The van der Waals surface area contributed by atoms with Crippen LogP contribution in [-0.4, -0.2) is 64.6 Å². The molecule has 4 bridgehead atoms. The number of aliphatic hydroxyl groups excluding tert-OH is 2. The Hall–Kier alpha value is -4.92. The number of halogens is 1. The highest BCUT2D eigenvalue weighted by Crippen LogP contribution is 2.59. The predicted octanol–water partition coefficient (Wildman–Crippen LogP) is 3.66. The molecule has 3 amide bonds. The molecule has 4 aromatic rings. The average molecular weight is 747 g/mol. The van der Waals surface area contributed by atoms with E-state index in [4.69, 9.17) is 18.9 Å². The van der Waals surface area contributed by atoms with Crippen LogP contribution in [0.4, 0.5) is 10.5 Å². The zero-order valence-electron chi connectivity index (χ0n) is 27.2. The maximum Gasteiger partial charge on any atom is 0.408 e. The summed E-state index contributed by atoms with van der Waals surface area (Å²) in [6, 6.07) is 18.6. The van der Waals surface area contributed by atoms with Crippen molar-refractivity contribution in [2.24, 2.45) is 5.92 Å². The van der Waals surface area contributed by atoms with Crippen molar-refractivity contribution >= 4 is 39.5 Å². The molecule has 13 nitrogen and oxygen atoms in total. The topological polar surface area (TPSA) is 184 Å². The Morgan fingerprint density at radius 2 is 1.90 bits per heavy atom. The quantitative estimate of drug-likeness (QED) is 0.156. The molecule has 1 spiro atoms. The number of aliphatic hydroxyl groups is 2. The third-order valence-corrected chi connectivity index (χ3v) is 9.90. The smallest absolute Gasteiger partial charge is 0.408 e. The van der Waals surface area contributed by atoms with Gasteiger partial charge in [-0.2, -0.15) is 0 Å². The summed E-state index contributed by atoms with van der Waals surface area (Å²) in [7, 11) is 0. The molecular weight excluding hydrogens is 710 g/mol. The number of para-hydroxylation sites is 1. The van der Waals surface area contributed by atoms with Gasteiger partial charge in [-0.05, 0) is 45.1 Å². The van der Waals surface area contributed by atoms with Gasteiger partial charge in [0, 0.05) is 28.6 Å². The number of oxazole rings is 1. The van der Waals surface area contributed by atoms with Crippen molar-refractivity contribution in [2.45, 2.75) is 56.7 Å². The van der Waals surface area contributed by atoms with Gasteiger partial charge in [-0.15, -0.1) is 0 Å². The molecule has 3 aromatic carbocycles. The fourth-order valence-corrected chi connectivity index (χ4v) is 7.24. The molecule has 0 saturated carbocycles. The van der Waals surface area contributed by atoms with Crippen molar-refractivity contribution in [3.05, 3.63) is 111 Å². The number of carbonyl (C=O) groups is 3. The first-order chi connectivity index (χ1) is 24.1. The molecule has 6 N–H and O–H groups in total. The molecule has 1 aromatic heterocycles. The number of aromatic nitrogens is 1. The van der Waals surface area contributed by atoms with E-state index in [1.54, 1.807) is 6.07 Å².